The maximum Gasteiger partial charge on any atom is 0.0788 e. The Morgan fingerprint density at radius 3 is 3.00 bits per heavy atom. The van der Waals surface area contributed by atoms with Crippen molar-refractivity contribution in [3.63, 3.8) is 0 Å². The molecule has 15 heavy (non-hydrogen) atoms. The molecule has 1 aliphatic heterocycles. The zero-order valence-corrected chi connectivity index (χ0v) is 10.3. The van der Waals surface area contributed by atoms with Crippen molar-refractivity contribution >= 4 is 23.4 Å². The SMILES string of the molecule is CC1CC(O)(Cc2cccc(Cl)c2)CS1. The van der Waals surface area contributed by atoms with Gasteiger partial charge in [0.2, 0.25) is 0 Å². The van der Waals surface area contributed by atoms with E-state index in [1.165, 1.54) is 0 Å². The van der Waals surface area contributed by atoms with Gasteiger partial charge in [0.05, 0.1) is 5.60 Å². The number of hydrogen-bond acceptors (Lipinski definition) is 2. The first-order valence-electron chi connectivity index (χ1n) is 5.16. The Morgan fingerprint density at radius 1 is 1.60 bits per heavy atom. The molecule has 1 saturated heterocycles. The van der Waals surface area contributed by atoms with Crippen LogP contribution in [0.2, 0.25) is 5.02 Å². The average Bonchev–Trinajstić information content (AvgIpc) is 2.45. The van der Waals surface area contributed by atoms with Gasteiger partial charge in [-0.15, -0.1) is 0 Å². The second-order valence-electron chi connectivity index (χ2n) is 4.36. The summed E-state index contributed by atoms with van der Waals surface area (Å²) in [6, 6.07) is 7.76. The van der Waals surface area contributed by atoms with Crippen molar-refractivity contribution in [1.82, 2.24) is 0 Å². The van der Waals surface area contributed by atoms with Crippen LogP contribution in [0.5, 0.6) is 0 Å². The van der Waals surface area contributed by atoms with Crippen LogP contribution in [0.1, 0.15) is 18.9 Å². The highest BCUT2D eigenvalue weighted by molar-refractivity contribution is 8.00. The molecule has 0 aromatic heterocycles. The van der Waals surface area contributed by atoms with E-state index >= 15 is 0 Å². The van der Waals surface area contributed by atoms with E-state index in [4.69, 9.17) is 11.6 Å². The van der Waals surface area contributed by atoms with E-state index < -0.39 is 5.60 Å². The molecule has 1 aromatic rings. The third-order valence-electron chi connectivity index (χ3n) is 2.73. The number of rotatable bonds is 2. The Kier molecular flexibility index (Phi) is 3.29. The topological polar surface area (TPSA) is 20.2 Å². The Balaban J connectivity index is 2.08. The van der Waals surface area contributed by atoms with Gasteiger partial charge in [0.25, 0.3) is 0 Å². The van der Waals surface area contributed by atoms with Crippen molar-refractivity contribution in [3.8, 4) is 0 Å². The van der Waals surface area contributed by atoms with Crippen LogP contribution in [0.4, 0.5) is 0 Å². The number of hydrogen-bond donors (Lipinski definition) is 1. The molecule has 1 N–H and O–H groups in total. The molecule has 0 aliphatic carbocycles. The summed E-state index contributed by atoms with van der Waals surface area (Å²) in [5.41, 5.74) is 0.592. The fourth-order valence-electron chi connectivity index (χ4n) is 2.10. The number of thioether (sulfide) groups is 1. The van der Waals surface area contributed by atoms with Crippen molar-refractivity contribution in [3.05, 3.63) is 34.9 Å². The van der Waals surface area contributed by atoms with Gasteiger partial charge in [-0.3, -0.25) is 0 Å². The standard InChI is InChI=1S/C12H15ClOS/c1-9-6-12(14,8-15-9)7-10-3-2-4-11(13)5-10/h2-5,9,14H,6-8H2,1H3. The van der Waals surface area contributed by atoms with Crippen LogP contribution in [0, 0.1) is 0 Å². The molecule has 3 heteroatoms. The number of halogens is 1. The molecule has 1 fully saturated rings. The summed E-state index contributed by atoms with van der Waals surface area (Å²) in [5, 5.41) is 11.7. The smallest absolute Gasteiger partial charge is 0.0788 e. The van der Waals surface area contributed by atoms with Crippen LogP contribution >= 0.6 is 23.4 Å². The third kappa shape index (κ3) is 2.90. The lowest BCUT2D eigenvalue weighted by Crippen LogP contribution is -2.31. The minimum atomic E-state index is -0.533. The van der Waals surface area contributed by atoms with Crippen LogP contribution < -0.4 is 0 Å². The molecule has 1 aliphatic rings. The van der Waals surface area contributed by atoms with E-state index in [1.807, 2.05) is 36.0 Å². The lowest BCUT2D eigenvalue weighted by Gasteiger charge is -2.21. The summed E-state index contributed by atoms with van der Waals surface area (Å²) in [4.78, 5) is 0. The Labute approximate surface area is 99.8 Å². The highest BCUT2D eigenvalue weighted by Gasteiger charge is 2.35. The average molecular weight is 243 g/mol. The third-order valence-corrected chi connectivity index (χ3v) is 4.40. The molecule has 2 rings (SSSR count). The molecule has 0 radical (unpaired) electrons. The highest BCUT2D eigenvalue weighted by Crippen LogP contribution is 2.36. The molecule has 82 valence electrons. The van der Waals surface area contributed by atoms with E-state index in [1.54, 1.807) is 0 Å². The molecular weight excluding hydrogens is 228 g/mol. The second-order valence-corrected chi connectivity index (χ2v) is 6.22. The van der Waals surface area contributed by atoms with Crippen molar-refractivity contribution in [1.29, 1.82) is 0 Å². The lowest BCUT2D eigenvalue weighted by molar-refractivity contribution is 0.0642. The predicted molar refractivity (Wildman–Crippen MR) is 66.6 cm³/mol. The van der Waals surface area contributed by atoms with Gasteiger partial charge >= 0.3 is 0 Å². The van der Waals surface area contributed by atoms with E-state index in [0.717, 1.165) is 22.8 Å². The molecule has 0 amide bonds. The van der Waals surface area contributed by atoms with Gasteiger partial charge in [-0.05, 0) is 24.1 Å². The molecule has 2 atom stereocenters. The summed E-state index contributed by atoms with van der Waals surface area (Å²) >= 11 is 7.76. The molecule has 2 unspecified atom stereocenters. The molecule has 0 spiro atoms. The number of benzene rings is 1. The van der Waals surface area contributed by atoms with Crippen LogP contribution in [-0.4, -0.2) is 21.7 Å². The summed E-state index contributed by atoms with van der Waals surface area (Å²) in [5.74, 6) is 0.834. The van der Waals surface area contributed by atoms with Gasteiger partial charge in [0.1, 0.15) is 0 Å². The normalized spacial score (nSPS) is 30.7. The quantitative estimate of drug-likeness (QED) is 0.860. The van der Waals surface area contributed by atoms with E-state index in [0.29, 0.717) is 11.7 Å². The maximum absolute atomic E-state index is 10.3. The van der Waals surface area contributed by atoms with Crippen molar-refractivity contribution in [2.24, 2.45) is 0 Å². The molecule has 1 heterocycles. The highest BCUT2D eigenvalue weighted by atomic mass is 35.5. The maximum atomic E-state index is 10.3. The summed E-state index contributed by atoms with van der Waals surface area (Å²) in [7, 11) is 0. The van der Waals surface area contributed by atoms with Gasteiger partial charge in [-0.25, -0.2) is 0 Å². The summed E-state index contributed by atoms with van der Waals surface area (Å²) in [6.07, 6.45) is 1.59. The zero-order chi connectivity index (χ0) is 10.9. The van der Waals surface area contributed by atoms with Gasteiger partial charge in [0.15, 0.2) is 0 Å². The monoisotopic (exact) mass is 242 g/mol. The van der Waals surface area contributed by atoms with Gasteiger partial charge in [0, 0.05) is 22.4 Å². The number of aliphatic hydroxyl groups is 1. The van der Waals surface area contributed by atoms with Gasteiger partial charge in [-0.2, -0.15) is 11.8 Å². The minimum Gasteiger partial charge on any atom is -0.389 e. The van der Waals surface area contributed by atoms with Crippen molar-refractivity contribution in [2.45, 2.75) is 30.6 Å². The molecule has 1 nitrogen and oxygen atoms in total. The first kappa shape index (κ1) is 11.3. The molecular formula is C12H15ClOS. The van der Waals surface area contributed by atoms with E-state index in [-0.39, 0.29) is 0 Å². The van der Waals surface area contributed by atoms with Crippen LogP contribution in [0.25, 0.3) is 0 Å². The first-order valence-corrected chi connectivity index (χ1v) is 6.58. The Morgan fingerprint density at radius 2 is 2.40 bits per heavy atom. The van der Waals surface area contributed by atoms with Crippen molar-refractivity contribution in [2.75, 3.05) is 5.75 Å². The summed E-state index contributed by atoms with van der Waals surface area (Å²) in [6.45, 7) is 2.17. The molecule has 1 aromatic carbocycles. The lowest BCUT2D eigenvalue weighted by atomic mass is 9.92. The minimum absolute atomic E-state index is 0.533. The van der Waals surface area contributed by atoms with Gasteiger partial charge < -0.3 is 5.11 Å². The molecule has 0 bridgehead atoms. The Hall–Kier alpha value is -0.180. The van der Waals surface area contributed by atoms with E-state index in [9.17, 15) is 5.11 Å². The predicted octanol–water partition coefficient (Wildman–Crippen LogP) is 3.14. The first-order chi connectivity index (χ1) is 7.07. The summed E-state index contributed by atoms with van der Waals surface area (Å²) < 4.78 is 0. The van der Waals surface area contributed by atoms with E-state index in [2.05, 4.69) is 6.92 Å². The van der Waals surface area contributed by atoms with Gasteiger partial charge in [-0.1, -0.05) is 30.7 Å². The van der Waals surface area contributed by atoms with Crippen LogP contribution in [0.15, 0.2) is 24.3 Å². The fourth-order valence-corrected chi connectivity index (χ4v) is 3.56. The zero-order valence-electron chi connectivity index (χ0n) is 8.74. The second kappa shape index (κ2) is 4.36. The van der Waals surface area contributed by atoms with Crippen LogP contribution in [-0.2, 0) is 6.42 Å². The van der Waals surface area contributed by atoms with Crippen LogP contribution in [0.3, 0.4) is 0 Å². The fraction of sp³-hybridized carbons (Fsp3) is 0.500. The van der Waals surface area contributed by atoms with Crippen molar-refractivity contribution < 1.29 is 5.11 Å². The molecule has 0 saturated carbocycles. The largest absolute Gasteiger partial charge is 0.389 e. The Bertz CT molecular complexity index is 355.